The van der Waals surface area contributed by atoms with E-state index < -0.39 is 5.97 Å². The highest BCUT2D eigenvalue weighted by Crippen LogP contribution is 2.60. The lowest BCUT2D eigenvalue weighted by atomic mass is 9.48. The third-order valence-corrected chi connectivity index (χ3v) is 8.56. The Morgan fingerprint density at radius 1 is 1.12 bits per heavy atom. The molecule has 4 heteroatoms. The van der Waals surface area contributed by atoms with E-state index in [9.17, 15) is 9.59 Å². The molecule has 1 aromatic rings. The molecule has 1 fully saturated rings. The van der Waals surface area contributed by atoms with Crippen molar-refractivity contribution >= 4 is 18.0 Å². The number of carbonyl (C=O) groups is 2. The standard InChI is InChI=1S/C30H42O4/c1-22-12-16-26-29(2,3)19-9-20-30(26,4)25(22)15-14-24(28(32)33-5)18-21-34-27(31)17-13-23-10-7-6-8-11-23/h6-8,10-13,17,24-26H,9,14-16,18-21H2,1-5H3/t24-,25-,26-,30+/m0/s1. The minimum atomic E-state index is -0.390. The molecule has 2 aliphatic rings. The molecule has 1 saturated carbocycles. The molecule has 4 nitrogen and oxygen atoms in total. The normalized spacial score (nSPS) is 26.9. The van der Waals surface area contributed by atoms with Crippen LogP contribution in [0.4, 0.5) is 0 Å². The van der Waals surface area contributed by atoms with Gasteiger partial charge in [-0.05, 0) is 79.8 Å². The summed E-state index contributed by atoms with van der Waals surface area (Å²) in [6.45, 7) is 9.82. The predicted molar refractivity (Wildman–Crippen MR) is 137 cm³/mol. The number of allylic oxidation sites excluding steroid dienone is 2. The zero-order valence-electron chi connectivity index (χ0n) is 21.6. The highest BCUT2D eigenvalue weighted by atomic mass is 16.5. The number of benzene rings is 1. The Hall–Kier alpha value is -2.36. The second-order valence-corrected chi connectivity index (χ2v) is 11.1. The predicted octanol–water partition coefficient (Wildman–Crippen LogP) is 7.00. The Bertz CT molecular complexity index is 898. The Balaban J connectivity index is 1.58. The van der Waals surface area contributed by atoms with Gasteiger partial charge in [0, 0.05) is 6.08 Å². The fraction of sp³-hybridized carbons (Fsp3) is 0.600. The van der Waals surface area contributed by atoms with Crippen molar-refractivity contribution in [3.63, 3.8) is 0 Å². The number of methoxy groups -OCH3 is 1. The quantitative estimate of drug-likeness (QED) is 0.223. The third-order valence-electron chi connectivity index (χ3n) is 8.56. The van der Waals surface area contributed by atoms with E-state index in [0.717, 1.165) is 18.4 Å². The molecule has 0 unspecified atom stereocenters. The molecule has 0 radical (unpaired) electrons. The molecule has 0 spiro atoms. The number of hydrogen-bond donors (Lipinski definition) is 0. The van der Waals surface area contributed by atoms with Crippen LogP contribution < -0.4 is 0 Å². The molecule has 0 aliphatic heterocycles. The summed E-state index contributed by atoms with van der Waals surface area (Å²) in [7, 11) is 1.44. The van der Waals surface area contributed by atoms with E-state index in [2.05, 4.69) is 33.8 Å². The van der Waals surface area contributed by atoms with E-state index in [1.165, 1.54) is 44.4 Å². The average Bonchev–Trinajstić information content (AvgIpc) is 2.80. The molecule has 0 heterocycles. The zero-order valence-corrected chi connectivity index (χ0v) is 21.6. The minimum absolute atomic E-state index is 0.209. The van der Waals surface area contributed by atoms with Gasteiger partial charge in [-0.15, -0.1) is 0 Å². The largest absolute Gasteiger partial charge is 0.469 e. The molecule has 3 rings (SSSR count). The van der Waals surface area contributed by atoms with Gasteiger partial charge in [-0.1, -0.05) is 69.2 Å². The van der Waals surface area contributed by atoms with E-state index in [4.69, 9.17) is 9.47 Å². The molecule has 0 N–H and O–H groups in total. The maximum Gasteiger partial charge on any atom is 0.330 e. The SMILES string of the molecule is COC(=O)[C@H](CCOC(=O)C=Cc1ccccc1)CC[C@H]1C(C)=CC[C@H]2C(C)(C)CCC[C@]12C. The van der Waals surface area contributed by atoms with E-state index in [1.807, 2.05) is 30.3 Å². The molecule has 4 atom stereocenters. The van der Waals surface area contributed by atoms with Crippen molar-refractivity contribution in [1.82, 2.24) is 0 Å². The number of esters is 2. The molecule has 2 aliphatic carbocycles. The minimum Gasteiger partial charge on any atom is -0.469 e. The second kappa shape index (κ2) is 11.4. The molecule has 0 amide bonds. The second-order valence-electron chi connectivity index (χ2n) is 11.1. The highest BCUT2D eigenvalue weighted by Gasteiger charge is 2.51. The summed E-state index contributed by atoms with van der Waals surface area (Å²) < 4.78 is 10.5. The summed E-state index contributed by atoms with van der Waals surface area (Å²) in [6, 6.07) is 9.63. The summed E-state index contributed by atoms with van der Waals surface area (Å²) in [6.07, 6.45) is 12.8. The van der Waals surface area contributed by atoms with Gasteiger partial charge in [-0.2, -0.15) is 0 Å². The topological polar surface area (TPSA) is 52.6 Å². The number of hydrogen-bond acceptors (Lipinski definition) is 4. The van der Waals surface area contributed by atoms with Crippen LogP contribution in [-0.4, -0.2) is 25.7 Å². The van der Waals surface area contributed by atoms with E-state index in [0.29, 0.717) is 23.7 Å². The third kappa shape index (κ3) is 6.20. The van der Waals surface area contributed by atoms with Gasteiger partial charge in [0.05, 0.1) is 19.6 Å². The molecule has 0 bridgehead atoms. The number of carbonyl (C=O) groups excluding carboxylic acids is 2. The van der Waals surface area contributed by atoms with Crippen molar-refractivity contribution in [2.45, 2.75) is 72.6 Å². The van der Waals surface area contributed by atoms with Crippen molar-refractivity contribution in [1.29, 1.82) is 0 Å². The smallest absolute Gasteiger partial charge is 0.330 e. The fourth-order valence-electron chi connectivity index (χ4n) is 6.69. The molecular weight excluding hydrogens is 424 g/mol. The summed E-state index contributed by atoms with van der Waals surface area (Å²) in [5.74, 6) is 0.298. The van der Waals surface area contributed by atoms with Crippen LogP contribution in [0.25, 0.3) is 6.08 Å². The van der Waals surface area contributed by atoms with Gasteiger partial charge in [0.15, 0.2) is 0 Å². The van der Waals surface area contributed by atoms with Crippen LogP contribution in [0.3, 0.4) is 0 Å². The first-order valence-corrected chi connectivity index (χ1v) is 12.8. The Labute approximate surface area is 205 Å². The van der Waals surface area contributed by atoms with Crippen LogP contribution in [0.1, 0.15) is 78.2 Å². The zero-order chi connectivity index (χ0) is 24.8. The summed E-state index contributed by atoms with van der Waals surface area (Å²) in [4.78, 5) is 24.6. The van der Waals surface area contributed by atoms with Crippen LogP contribution >= 0.6 is 0 Å². The van der Waals surface area contributed by atoms with Crippen molar-refractivity contribution in [3.05, 3.63) is 53.6 Å². The van der Waals surface area contributed by atoms with Crippen molar-refractivity contribution < 1.29 is 19.1 Å². The first-order chi connectivity index (χ1) is 16.2. The maximum atomic E-state index is 12.5. The lowest BCUT2D eigenvalue weighted by molar-refractivity contribution is -0.148. The molecule has 34 heavy (non-hydrogen) atoms. The summed E-state index contributed by atoms with van der Waals surface area (Å²) >= 11 is 0. The molecule has 0 aromatic heterocycles. The van der Waals surface area contributed by atoms with Crippen LogP contribution in [-0.2, 0) is 19.1 Å². The molecule has 1 aromatic carbocycles. The monoisotopic (exact) mass is 466 g/mol. The van der Waals surface area contributed by atoms with Crippen LogP contribution in [0, 0.1) is 28.6 Å². The van der Waals surface area contributed by atoms with Crippen molar-refractivity contribution in [2.75, 3.05) is 13.7 Å². The number of ether oxygens (including phenoxy) is 2. The van der Waals surface area contributed by atoms with Gasteiger partial charge in [-0.3, -0.25) is 4.79 Å². The average molecular weight is 467 g/mol. The van der Waals surface area contributed by atoms with Gasteiger partial charge in [0.1, 0.15) is 0 Å². The van der Waals surface area contributed by atoms with Gasteiger partial charge in [0.2, 0.25) is 0 Å². The Morgan fingerprint density at radius 3 is 2.56 bits per heavy atom. The molecule has 186 valence electrons. The van der Waals surface area contributed by atoms with Gasteiger partial charge in [-0.25, -0.2) is 4.79 Å². The van der Waals surface area contributed by atoms with Gasteiger partial charge < -0.3 is 9.47 Å². The van der Waals surface area contributed by atoms with Crippen LogP contribution in [0.5, 0.6) is 0 Å². The number of rotatable bonds is 9. The highest BCUT2D eigenvalue weighted by molar-refractivity contribution is 5.87. The lowest BCUT2D eigenvalue weighted by Gasteiger charge is -2.57. The Morgan fingerprint density at radius 2 is 1.85 bits per heavy atom. The number of fused-ring (bicyclic) bond motifs is 1. The summed E-state index contributed by atoms with van der Waals surface area (Å²) in [5.41, 5.74) is 3.04. The summed E-state index contributed by atoms with van der Waals surface area (Å²) in [5, 5.41) is 0. The van der Waals surface area contributed by atoms with Gasteiger partial charge in [0.25, 0.3) is 0 Å². The maximum absolute atomic E-state index is 12.5. The van der Waals surface area contributed by atoms with Crippen molar-refractivity contribution in [2.24, 2.45) is 28.6 Å². The fourth-order valence-corrected chi connectivity index (χ4v) is 6.69. The molecular formula is C30H42O4. The van der Waals surface area contributed by atoms with E-state index >= 15 is 0 Å². The van der Waals surface area contributed by atoms with Crippen LogP contribution in [0.2, 0.25) is 0 Å². The van der Waals surface area contributed by atoms with Gasteiger partial charge >= 0.3 is 11.9 Å². The van der Waals surface area contributed by atoms with E-state index in [1.54, 1.807) is 6.08 Å². The van der Waals surface area contributed by atoms with E-state index in [-0.39, 0.29) is 23.9 Å². The Kier molecular flexibility index (Phi) is 8.78. The van der Waals surface area contributed by atoms with Crippen molar-refractivity contribution in [3.8, 4) is 0 Å². The first-order valence-electron chi connectivity index (χ1n) is 12.8. The lowest BCUT2D eigenvalue weighted by Crippen LogP contribution is -2.48. The molecule has 0 saturated heterocycles. The first kappa shape index (κ1) is 26.2. The van der Waals surface area contributed by atoms with Crippen LogP contribution in [0.15, 0.2) is 48.1 Å².